The van der Waals surface area contributed by atoms with Gasteiger partial charge in [-0.3, -0.25) is 0 Å². The lowest BCUT2D eigenvalue weighted by Gasteiger charge is -2.37. The van der Waals surface area contributed by atoms with Gasteiger partial charge in [0, 0.05) is 30.3 Å². The summed E-state index contributed by atoms with van der Waals surface area (Å²) in [5.74, 6) is 0.772. The molecule has 2 unspecified atom stereocenters. The summed E-state index contributed by atoms with van der Waals surface area (Å²) < 4.78 is 0. The van der Waals surface area contributed by atoms with Crippen molar-refractivity contribution in [3.63, 3.8) is 0 Å². The third kappa shape index (κ3) is 4.37. The van der Waals surface area contributed by atoms with Crippen LogP contribution in [0.5, 0.6) is 0 Å². The summed E-state index contributed by atoms with van der Waals surface area (Å²) in [6, 6.07) is 7.17. The second kappa shape index (κ2) is 8.05. The van der Waals surface area contributed by atoms with Crippen LogP contribution in [-0.2, 0) is 6.54 Å². The summed E-state index contributed by atoms with van der Waals surface area (Å²) in [6.45, 7) is 6.46. The molecule has 1 aliphatic carbocycles. The molecule has 0 saturated heterocycles. The summed E-state index contributed by atoms with van der Waals surface area (Å²) in [7, 11) is 2.22. The highest BCUT2D eigenvalue weighted by molar-refractivity contribution is 6.31. The fourth-order valence-corrected chi connectivity index (χ4v) is 3.60. The van der Waals surface area contributed by atoms with Crippen molar-refractivity contribution >= 4 is 17.3 Å². The number of hydrogen-bond acceptors (Lipinski definition) is 2. The fraction of sp³-hybridized carbons (Fsp3) is 0.667. The second-order valence-electron chi connectivity index (χ2n) is 6.39. The molecule has 0 bridgehead atoms. The molecule has 1 aliphatic rings. The van der Waals surface area contributed by atoms with E-state index in [1.54, 1.807) is 0 Å². The Balaban J connectivity index is 2.04. The van der Waals surface area contributed by atoms with E-state index in [4.69, 9.17) is 11.6 Å². The molecule has 2 rings (SSSR count). The lowest BCUT2D eigenvalue weighted by Crippen LogP contribution is -2.39. The number of nitrogens with one attached hydrogen (secondary N) is 1. The molecule has 0 aromatic heterocycles. The van der Waals surface area contributed by atoms with Crippen LogP contribution in [0, 0.1) is 5.92 Å². The van der Waals surface area contributed by atoms with Crippen molar-refractivity contribution in [2.75, 3.05) is 18.5 Å². The van der Waals surface area contributed by atoms with Crippen LogP contribution < -0.4 is 10.2 Å². The average molecular weight is 309 g/mol. The highest BCUT2D eigenvalue weighted by atomic mass is 35.5. The van der Waals surface area contributed by atoms with Gasteiger partial charge in [-0.15, -0.1) is 0 Å². The zero-order chi connectivity index (χ0) is 15.2. The van der Waals surface area contributed by atoms with Crippen LogP contribution in [0.15, 0.2) is 18.2 Å². The van der Waals surface area contributed by atoms with E-state index >= 15 is 0 Å². The number of hydrogen-bond donors (Lipinski definition) is 1. The Kier molecular flexibility index (Phi) is 6.38. The highest BCUT2D eigenvalue weighted by Crippen LogP contribution is 2.32. The Morgan fingerprint density at radius 1 is 1.29 bits per heavy atom. The highest BCUT2D eigenvalue weighted by Gasteiger charge is 2.25. The molecule has 0 spiro atoms. The van der Waals surface area contributed by atoms with Crippen molar-refractivity contribution in [1.82, 2.24) is 5.32 Å². The molecule has 21 heavy (non-hydrogen) atoms. The fourth-order valence-electron chi connectivity index (χ4n) is 3.36. The molecule has 3 heteroatoms. The summed E-state index contributed by atoms with van der Waals surface area (Å²) in [5.41, 5.74) is 2.44. The molecule has 1 N–H and O–H groups in total. The Bertz CT molecular complexity index is 447. The van der Waals surface area contributed by atoms with Crippen molar-refractivity contribution in [2.45, 2.75) is 58.5 Å². The first kappa shape index (κ1) is 16.6. The monoisotopic (exact) mass is 308 g/mol. The molecule has 1 fully saturated rings. The van der Waals surface area contributed by atoms with Crippen molar-refractivity contribution in [1.29, 1.82) is 0 Å². The van der Waals surface area contributed by atoms with E-state index in [-0.39, 0.29) is 0 Å². The first-order valence-corrected chi connectivity index (χ1v) is 8.73. The van der Waals surface area contributed by atoms with Crippen LogP contribution >= 0.6 is 11.6 Å². The Morgan fingerprint density at radius 2 is 2.05 bits per heavy atom. The van der Waals surface area contributed by atoms with Gasteiger partial charge in [-0.2, -0.15) is 0 Å². The van der Waals surface area contributed by atoms with E-state index in [0.717, 1.165) is 30.5 Å². The largest absolute Gasteiger partial charge is 0.371 e. The van der Waals surface area contributed by atoms with E-state index < -0.39 is 0 Å². The molecule has 1 aromatic rings. The van der Waals surface area contributed by atoms with Crippen LogP contribution in [0.2, 0.25) is 5.02 Å². The minimum atomic E-state index is 0.652. The van der Waals surface area contributed by atoms with E-state index in [0.29, 0.717) is 6.04 Å². The second-order valence-corrected chi connectivity index (χ2v) is 6.80. The molecule has 0 amide bonds. The lowest BCUT2D eigenvalue weighted by molar-refractivity contribution is 0.321. The number of rotatable bonds is 6. The van der Waals surface area contributed by atoms with Gasteiger partial charge in [0.05, 0.1) is 0 Å². The minimum absolute atomic E-state index is 0.652. The maximum Gasteiger partial charge on any atom is 0.0471 e. The topological polar surface area (TPSA) is 15.3 Å². The normalized spacial score (nSPS) is 22.3. The van der Waals surface area contributed by atoms with E-state index in [1.165, 1.54) is 36.9 Å². The van der Waals surface area contributed by atoms with Crippen LogP contribution in [0.4, 0.5) is 5.69 Å². The first-order chi connectivity index (χ1) is 10.1. The quantitative estimate of drug-likeness (QED) is 0.755. The van der Waals surface area contributed by atoms with Crippen LogP contribution in [0.1, 0.15) is 51.5 Å². The average Bonchev–Trinajstić information content (AvgIpc) is 2.49. The van der Waals surface area contributed by atoms with Crippen molar-refractivity contribution in [3.8, 4) is 0 Å². The summed E-state index contributed by atoms with van der Waals surface area (Å²) in [5, 5.41) is 4.29. The summed E-state index contributed by atoms with van der Waals surface area (Å²) in [6.07, 6.45) is 6.54. The zero-order valence-electron chi connectivity index (χ0n) is 13.7. The third-order valence-electron chi connectivity index (χ3n) is 4.75. The first-order valence-electron chi connectivity index (χ1n) is 8.35. The van der Waals surface area contributed by atoms with Gasteiger partial charge >= 0.3 is 0 Å². The van der Waals surface area contributed by atoms with E-state index in [2.05, 4.69) is 49.3 Å². The molecule has 2 nitrogen and oxygen atoms in total. The number of benzene rings is 1. The summed E-state index contributed by atoms with van der Waals surface area (Å²) in [4.78, 5) is 2.43. The molecule has 0 aliphatic heterocycles. The Hall–Kier alpha value is -0.730. The van der Waals surface area contributed by atoms with Gasteiger partial charge in [-0.05, 0) is 49.4 Å². The SMILES string of the molecule is CCCNCc1ccc(N(C)C2CCCCC2C)cc1Cl. The van der Waals surface area contributed by atoms with Crippen LogP contribution in [-0.4, -0.2) is 19.6 Å². The van der Waals surface area contributed by atoms with Crippen LogP contribution in [0.25, 0.3) is 0 Å². The Morgan fingerprint density at radius 3 is 2.71 bits per heavy atom. The van der Waals surface area contributed by atoms with Gasteiger partial charge in [0.25, 0.3) is 0 Å². The zero-order valence-corrected chi connectivity index (χ0v) is 14.4. The molecule has 0 heterocycles. The van der Waals surface area contributed by atoms with E-state index in [1.807, 2.05) is 0 Å². The molecule has 2 atom stereocenters. The molecule has 118 valence electrons. The molecule has 1 aromatic carbocycles. The van der Waals surface area contributed by atoms with Crippen LogP contribution in [0.3, 0.4) is 0 Å². The number of nitrogens with zero attached hydrogens (tertiary/aromatic N) is 1. The van der Waals surface area contributed by atoms with Gasteiger partial charge < -0.3 is 10.2 Å². The number of halogens is 1. The molecular formula is C18H29ClN2. The predicted molar refractivity (Wildman–Crippen MR) is 93.3 cm³/mol. The minimum Gasteiger partial charge on any atom is -0.371 e. The van der Waals surface area contributed by atoms with Crippen molar-refractivity contribution in [3.05, 3.63) is 28.8 Å². The van der Waals surface area contributed by atoms with Gasteiger partial charge in [-0.1, -0.05) is 44.4 Å². The summed E-state index contributed by atoms with van der Waals surface area (Å²) >= 11 is 6.46. The standard InChI is InChI=1S/C18H29ClN2/c1-4-11-20-13-15-9-10-16(12-17(15)19)21(3)18-8-6-5-7-14(18)2/h9-10,12,14,18,20H,4-8,11,13H2,1-3H3. The van der Waals surface area contributed by atoms with Gasteiger partial charge in [0.15, 0.2) is 0 Å². The maximum absolute atomic E-state index is 6.46. The number of anilines is 1. The van der Waals surface area contributed by atoms with Crippen molar-refractivity contribution in [2.24, 2.45) is 5.92 Å². The van der Waals surface area contributed by atoms with Crippen molar-refractivity contribution < 1.29 is 0 Å². The van der Waals surface area contributed by atoms with Gasteiger partial charge in [0.2, 0.25) is 0 Å². The predicted octanol–water partition coefficient (Wildman–Crippen LogP) is 4.85. The molecule has 0 radical (unpaired) electrons. The third-order valence-corrected chi connectivity index (χ3v) is 5.10. The van der Waals surface area contributed by atoms with Gasteiger partial charge in [0.1, 0.15) is 0 Å². The molecular weight excluding hydrogens is 280 g/mol. The smallest absolute Gasteiger partial charge is 0.0471 e. The van der Waals surface area contributed by atoms with E-state index in [9.17, 15) is 0 Å². The Labute approximate surface area is 134 Å². The lowest BCUT2D eigenvalue weighted by atomic mass is 9.85. The molecule has 1 saturated carbocycles. The maximum atomic E-state index is 6.46. The van der Waals surface area contributed by atoms with Gasteiger partial charge in [-0.25, -0.2) is 0 Å².